The molecule has 0 aliphatic carbocycles. The Bertz CT molecular complexity index is 1010. The lowest BCUT2D eigenvalue weighted by Gasteiger charge is -2.30. The first-order valence-corrected chi connectivity index (χ1v) is 12.5. The normalized spacial score (nSPS) is 15.4. The molecule has 2 aromatic carbocycles. The van der Waals surface area contributed by atoms with Crippen LogP contribution in [-0.2, 0) is 10.0 Å². The predicted octanol–water partition coefficient (Wildman–Crippen LogP) is 4.70. The van der Waals surface area contributed by atoms with Crippen molar-refractivity contribution in [2.45, 2.75) is 43.4 Å². The van der Waals surface area contributed by atoms with E-state index in [-0.39, 0.29) is 10.8 Å². The number of thioether (sulfide) groups is 1. The minimum atomic E-state index is -3.80. The Morgan fingerprint density at radius 1 is 1.10 bits per heavy atom. The van der Waals surface area contributed by atoms with Gasteiger partial charge in [-0.05, 0) is 74.3 Å². The summed E-state index contributed by atoms with van der Waals surface area (Å²) in [6.07, 6.45) is 3.85. The molecule has 156 valence electrons. The van der Waals surface area contributed by atoms with Crippen LogP contribution in [0.4, 0.5) is 5.69 Å². The van der Waals surface area contributed by atoms with Crippen LogP contribution in [-0.4, -0.2) is 38.6 Å². The van der Waals surface area contributed by atoms with Crippen molar-refractivity contribution in [1.82, 2.24) is 4.90 Å². The number of hydrogen-bond donors (Lipinski definition) is 1. The molecule has 7 heteroatoms. The van der Waals surface area contributed by atoms with Gasteiger partial charge in [-0.1, -0.05) is 19.1 Å². The number of carbonyl (C=O) groups excluding carboxylic acids is 1. The minimum absolute atomic E-state index is 0.0926. The average Bonchev–Trinajstić information content (AvgIpc) is 2.70. The van der Waals surface area contributed by atoms with Crippen molar-refractivity contribution in [3.05, 3.63) is 53.1 Å². The van der Waals surface area contributed by atoms with Crippen LogP contribution in [0.5, 0.6) is 0 Å². The molecule has 0 atom stereocenters. The summed E-state index contributed by atoms with van der Waals surface area (Å²) >= 11 is 1.45. The van der Waals surface area contributed by atoms with Crippen molar-refractivity contribution >= 4 is 33.4 Å². The van der Waals surface area contributed by atoms with E-state index < -0.39 is 10.0 Å². The maximum atomic E-state index is 13.1. The second kappa shape index (κ2) is 8.79. The number of carbonyl (C=O) groups is 1. The van der Waals surface area contributed by atoms with E-state index in [4.69, 9.17) is 0 Å². The molecule has 0 radical (unpaired) electrons. The Balaban J connectivity index is 1.93. The third kappa shape index (κ3) is 4.95. The number of aryl methyl sites for hydroxylation is 2. The summed E-state index contributed by atoms with van der Waals surface area (Å²) in [5.74, 6) is 0.526. The third-order valence-corrected chi connectivity index (χ3v) is 7.58. The van der Waals surface area contributed by atoms with Crippen molar-refractivity contribution in [3.8, 4) is 0 Å². The molecule has 1 aliphatic heterocycles. The smallest absolute Gasteiger partial charge is 0.261 e. The first-order chi connectivity index (χ1) is 13.7. The Morgan fingerprint density at radius 3 is 2.45 bits per heavy atom. The number of rotatable bonds is 5. The number of piperidine rings is 1. The van der Waals surface area contributed by atoms with Crippen LogP contribution in [0.2, 0.25) is 0 Å². The van der Waals surface area contributed by atoms with Crippen molar-refractivity contribution in [2.24, 2.45) is 5.92 Å². The van der Waals surface area contributed by atoms with Gasteiger partial charge in [0.1, 0.15) is 0 Å². The van der Waals surface area contributed by atoms with Gasteiger partial charge in [0.05, 0.1) is 16.1 Å². The summed E-state index contributed by atoms with van der Waals surface area (Å²) in [7, 11) is -3.80. The van der Waals surface area contributed by atoms with E-state index in [2.05, 4.69) is 11.6 Å². The molecule has 2 aromatic rings. The molecule has 5 nitrogen and oxygen atoms in total. The summed E-state index contributed by atoms with van der Waals surface area (Å²) in [5.41, 5.74) is 2.83. The first-order valence-electron chi connectivity index (χ1n) is 9.78. The van der Waals surface area contributed by atoms with E-state index in [1.54, 1.807) is 12.1 Å². The lowest BCUT2D eigenvalue weighted by atomic mass is 9.98. The fraction of sp³-hybridized carbons (Fsp3) is 0.409. The molecular formula is C22H28N2O3S2. The zero-order valence-corrected chi connectivity index (χ0v) is 19.0. The molecule has 1 amide bonds. The quantitative estimate of drug-likeness (QED) is 0.696. The molecular weight excluding hydrogens is 404 g/mol. The van der Waals surface area contributed by atoms with Crippen molar-refractivity contribution in [1.29, 1.82) is 0 Å². The van der Waals surface area contributed by atoms with Gasteiger partial charge in [0.25, 0.3) is 15.9 Å². The maximum absolute atomic E-state index is 13.1. The minimum Gasteiger partial charge on any atom is -0.339 e. The Morgan fingerprint density at radius 2 is 1.79 bits per heavy atom. The van der Waals surface area contributed by atoms with Crippen molar-refractivity contribution in [3.63, 3.8) is 0 Å². The predicted molar refractivity (Wildman–Crippen MR) is 119 cm³/mol. The third-order valence-electron chi connectivity index (χ3n) is 5.42. The molecule has 0 spiro atoms. The first kappa shape index (κ1) is 21.7. The van der Waals surface area contributed by atoms with Crippen molar-refractivity contribution in [2.75, 3.05) is 24.1 Å². The van der Waals surface area contributed by atoms with Crippen LogP contribution in [0, 0.1) is 19.8 Å². The molecule has 29 heavy (non-hydrogen) atoms. The molecule has 1 aliphatic rings. The zero-order valence-electron chi connectivity index (χ0n) is 17.4. The van der Waals surface area contributed by atoms with Crippen LogP contribution in [0.25, 0.3) is 0 Å². The largest absolute Gasteiger partial charge is 0.339 e. The number of nitrogens with one attached hydrogen (secondary N) is 1. The molecule has 3 rings (SSSR count). The van der Waals surface area contributed by atoms with Crippen LogP contribution in [0.1, 0.15) is 41.3 Å². The monoisotopic (exact) mass is 432 g/mol. The van der Waals surface area contributed by atoms with Gasteiger partial charge in [-0.15, -0.1) is 11.8 Å². The summed E-state index contributed by atoms with van der Waals surface area (Å²) in [5, 5.41) is 0. The van der Waals surface area contributed by atoms with Gasteiger partial charge < -0.3 is 4.90 Å². The fourth-order valence-corrected chi connectivity index (χ4v) is 5.17. The van der Waals surface area contributed by atoms with Crippen molar-refractivity contribution < 1.29 is 13.2 Å². The molecule has 0 saturated carbocycles. The second-order valence-corrected chi connectivity index (χ2v) is 10.3. The topological polar surface area (TPSA) is 66.5 Å². The van der Waals surface area contributed by atoms with Crippen LogP contribution in [0.3, 0.4) is 0 Å². The SMILES string of the molecule is CSc1ccc(S(=O)(=O)Nc2cc(C)ccc2C)cc1C(=O)N1CCC(C)CC1. The highest BCUT2D eigenvalue weighted by molar-refractivity contribution is 7.98. The van der Waals surface area contributed by atoms with Gasteiger partial charge in [0, 0.05) is 18.0 Å². The Kier molecular flexibility index (Phi) is 6.58. The second-order valence-electron chi connectivity index (χ2n) is 7.76. The highest BCUT2D eigenvalue weighted by Gasteiger charge is 2.25. The van der Waals surface area contributed by atoms with E-state index in [0.29, 0.717) is 30.3 Å². The summed E-state index contributed by atoms with van der Waals surface area (Å²) in [4.78, 5) is 15.8. The van der Waals surface area contributed by atoms with Gasteiger partial charge in [-0.25, -0.2) is 8.42 Å². The van der Waals surface area contributed by atoms with E-state index in [1.807, 2.05) is 43.2 Å². The number of benzene rings is 2. The van der Waals surface area contributed by atoms with Crippen LogP contribution < -0.4 is 4.72 Å². The summed E-state index contributed by atoms with van der Waals surface area (Å²) < 4.78 is 28.7. The van der Waals surface area contributed by atoms with Gasteiger partial charge >= 0.3 is 0 Å². The van der Waals surface area contributed by atoms with Gasteiger partial charge in [-0.3, -0.25) is 9.52 Å². The van der Waals surface area contributed by atoms with E-state index in [0.717, 1.165) is 28.9 Å². The highest BCUT2D eigenvalue weighted by Crippen LogP contribution is 2.28. The molecule has 0 aromatic heterocycles. The number of amides is 1. The number of hydrogen-bond acceptors (Lipinski definition) is 4. The van der Waals surface area contributed by atoms with E-state index in [1.165, 1.54) is 17.8 Å². The lowest BCUT2D eigenvalue weighted by Crippen LogP contribution is -2.38. The molecule has 1 saturated heterocycles. The zero-order chi connectivity index (χ0) is 21.2. The average molecular weight is 433 g/mol. The summed E-state index contributed by atoms with van der Waals surface area (Å²) in [6, 6.07) is 10.4. The number of sulfonamides is 1. The molecule has 1 heterocycles. The standard InChI is InChI=1S/C22H28N2O3S2/c1-15-9-11-24(12-10-15)22(25)19-14-18(7-8-21(19)28-4)29(26,27)23-20-13-16(2)5-6-17(20)3/h5-8,13-15,23H,9-12H2,1-4H3. The highest BCUT2D eigenvalue weighted by atomic mass is 32.2. The molecule has 1 fully saturated rings. The summed E-state index contributed by atoms with van der Waals surface area (Å²) in [6.45, 7) is 7.40. The Labute approximate surface area is 177 Å². The van der Waals surface area contributed by atoms with Crippen LogP contribution >= 0.6 is 11.8 Å². The molecule has 1 N–H and O–H groups in total. The van der Waals surface area contributed by atoms with Crippen LogP contribution in [0.15, 0.2) is 46.2 Å². The van der Waals surface area contributed by atoms with Gasteiger partial charge in [0.15, 0.2) is 0 Å². The Hall–Kier alpha value is -1.99. The number of likely N-dealkylation sites (tertiary alicyclic amines) is 1. The number of anilines is 1. The number of nitrogens with zero attached hydrogens (tertiary/aromatic N) is 1. The van der Waals surface area contributed by atoms with E-state index in [9.17, 15) is 13.2 Å². The van der Waals surface area contributed by atoms with Gasteiger partial charge in [-0.2, -0.15) is 0 Å². The fourth-order valence-electron chi connectivity index (χ4n) is 3.45. The lowest BCUT2D eigenvalue weighted by molar-refractivity contribution is 0.0693. The maximum Gasteiger partial charge on any atom is 0.261 e. The van der Waals surface area contributed by atoms with E-state index >= 15 is 0 Å². The molecule has 0 bridgehead atoms. The molecule has 0 unspecified atom stereocenters. The van der Waals surface area contributed by atoms with Gasteiger partial charge in [0.2, 0.25) is 0 Å².